The minimum absolute atomic E-state index is 0.0619. The fourth-order valence-electron chi connectivity index (χ4n) is 4.58. The first kappa shape index (κ1) is 22.0. The van der Waals surface area contributed by atoms with Crippen LogP contribution in [0.25, 0.3) is 0 Å². The van der Waals surface area contributed by atoms with Crippen molar-refractivity contribution in [3.8, 4) is 0 Å². The van der Waals surface area contributed by atoms with E-state index < -0.39 is 5.97 Å². The van der Waals surface area contributed by atoms with Gasteiger partial charge in [-0.3, -0.25) is 4.79 Å². The number of amides is 1. The van der Waals surface area contributed by atoms with Gasteiger partial charge in [0.15, 0.2) is 0 Å². The van der Waals surface area contributed by atoms with E-state index in [1.165, 1.54) is 6.42 Å². The highest BCUT2D eigenvalue weighted by molar-refractivity contribution is 5.69. The summed E-state index contributed by atoms with van der Waals surface area (Å²) in [5, 5.41) is 12.0. The molecule has 2 heterocycles. The van der Waals surface area contributed by atoms with Crippen LogP contribution in [-0.4, -0.2) is 51.7 Å². The van der Waals surface area contributed by atoms with Gasteiger partial charge in [-0.05, 0) is 49.0 Å². The molecule has 1 aromatic heterocycles. The molecule has 8 heteroatoms. The van der Waals surface area contributed by atoms with E-state index in [2.05, 4.69) is 15.3 Å². The molecule has 2 atom stereocenters. The zero-order chi connectivity index (χ0) is 22.3. The summed E-state index contributed by atoms with van der Waals surface area (Å²) in [4.78, 5) is 33.2. The minimum atomic E-state index is -0.885. The van der Waals surface area contributed by atoms with E-state index in [1.54, 1.807) is 12.4 Å². The number of nitrogens with one attached hydrogen (secondary N) is 1. The van der Waals surface area contributed by atoms with Crippen LogP contribution in [0.2, 0.25) is 0 Å². The van der Waals surface area contributed by atoms with Crippen LogP contribution in [0.15, 0.2) is 42.7 Å². The summed E-state index contributed by atoms with van der Waals surface area (Å²) in [7, 11) is 0. The number of carbonyl (C=O) groups is 2. The highest BCUT2D eigenvalue weighted by Gasteiger charge is 2.43. The van der Waals surface area contributed by atoms with Crippen LogP contribution < -0.4 is 5.32 Å². The third-order valence-corrected chi connectivity index (χ3v) is 6.44. The predicted octanol–water partition coefficient (Wildman–Crippen LogP) is 3.59. The van der Waals surface area contributed by atoms with Gasteiger partial charge in [-0.2, -0.15) is 0 Å². The number of nitrogens with zero attached hydrogens (tertiary/aromatic N) is 3. The van der Waals surface area contributed by atoms with Crippen LogP contribution in [0.4, 0.5) is 10.7 Å². The number of benzene rings is 1. The van der Waals surface area contributed by atoms with Gasteiger partial charge in [-0.15, -0.1) is 0 Å². The highest BCUT2D eigenvalue weighted by Crippen LogP contribution is 2.49. The molecule has 170 valence electrons. The molecular formula is C24H30N4O4. The average molecular weight is 439 g/mol. The Labute approximate surface area is 188 Å². The SMILES string of the molecule is O=C(O)Cc1cnc(NCC[C@@H]2C[C@@H]2C2CCN(C(=O)OCc3ccccc3)CC2)nc1. The number of aliphatic carboxylic acids is 1. The summed E-state index contributed by atoms with van der Waals surface area (Å²) in [5.41, 5.74) is 1.60. The van der Waals surface area contributed by atoms with Crippen molar-refractivity contribution in [2.24, 2.45) is 17.8 Å². The van der Waals surface area contributed by atoms with E-state index in [1.807, 2.05) is 35.2 Å². The van der Waals surface area contributed by atoms with E-state index in [-0.39, 0.29) is 12.5 Å². The summed E-state index contributed by atoms with van der Waals surface area (Å²) in [5.74, 6) is 1.81. The molecule has 0 bridgehead atoms. The van der Waals surface area contributed by atoms with Gasteiger partial charge in [0.05, 0.1) is 6.42 Å². The molecule has 1 aromatic carbocycles. The molecule has 0 radical (unpaired) electrons. The monoisotopic (exact) mass is 438 g/mol. The van der Waals surface area contributed by atoms with Crippen molar-refractivity contribution in [1.82, 2.24) is 14.9 Å². The molecule has 2 aromatic rings. The Hall–Kier alpha value is -3.16. The Morgan fingerprint density at radius 2 is 1.81 bits per heavy atom. The van der Waals surface area contributed by atoms with E-state index in [4.69, 9.17) is 9.84 Å². The van der Waals surface area contributed by atoms with Gasteiger partial charge in [0.25, 0.3) is 0 Å². The number of carboxylic acid groups (broad SMARTS) is 1. The van der Waals surface area contributed by atoms with Crippen LogP contribution in [0.3, 0.4) is 0 Å². The average Bonchev–Trinajstić information content (AvgIpc) is 3.59. The Balaban J connectivity index is 1.11. The van der Waals surface area contributed by atoms with Crippen molar-refractivity contribution < 1.29 is 19.4 Å². The lowest BCUT2D eigenvalue weighted by atomic mass is 9.90. The first-order chi connectivity index (χ1) is 15.6. The molecule has 2 N–H and O–H groups in total. The van der Waals surface area contributed by atoms with Crippen molar-refractivity contribution in [3.63, 3.8) is 0 Å². The number of rotatable bonds is 9. The van der Waals surface area contributed by atoms with Crippen molar-refractivity contribution in [1.29, 1.82) is 0 Å². The Kier molecular flexibility index (Phi) is 7.19. The number of hydrogen-bond acceptors (Lipinski definition) is 6. The van der Waals surface area contributed by atoms with Gasteiger partial charge in [0.2, 0.25) is 5.95 Å². The predicted molar refractivity (Wildman–Crippen MR) is 119 cm³/mol. The second-order valence-electron chi connectivity index (χ2n) is 8.73. The quantitative estimate of drug-likeness (QED) is 0.616. The molecular weight excluding hydrogens is 408 g/mol. The summed E-state index contributed by atoms with van der Waals surface area (Å²) in [6, 6.07) is 9.76. The number of carboxylic acids is 1. The van der Waals surface area contributed by atoms with Gasteiger partial charge in [0, 0.05) is 37.6 Å². The van der Waals surface area contributed by atoms with Crippen LogP contribution >= 0.6 is 0 Å². The number of aromatic nitrogens is 2. The second kappa shape index (κ2) is 10.4. The minimum Gasteiger partial charge on any atom is -0.481 e. The molecule has 1 amide bonds. The van der Waals surface area contributed by atoms with Crippen molar-refractivity contribution in [3.05, 3.63) is 53.9 Å². The van der Waals surface area contributed by atoms with Crippen molar-refractivity contribution >= 4 is 18.0 Å². The largest absolute Gasteiger partial charge is 0.481 e. The molecule has 1 saturated carbocycles. The Morgan fingerprint density at radius 1 is 1.09 bits per heavy atom. The molecule has 0 spiro atoms. The normalized spacial score (nSPS) is 20.6. The molecule has 2 aliphatic rings. The number of piperidine rings is 1. The maximum Gasteiger partial charge on any atom is 0.410 e. The molecule has 2 fully saturated rings. The maximum atomic E-state index is 12.3. The first-order valence-corrected chi connectivity index (χ1v) is 11.3. The molecule has 0 unspecified atom stereocenters. The van der Waals surface area contributed by atoms with Crippen LogP contribution in [-0.2, 0) is 22.6 Å². The smallest absolute Gasteiger partial charge is 0.410 e. The van der Waals surface area contributed by atoms with E-state index in [9.17, 15) is 9.59 Å². The lowest BCUT2D eigenvalue weighted by Gasteiger charge is -2.31. The lowest BCUT2D eigenvalue weighted by molar-refractivity contribution is -0.136. The number of likely N-dealkylation sites (tertiary alicyclic amines) is 1. The molecule has 4 rings (SSSR count). The summed E-state index contributed by atoms with van der Waals surface area (Å²) < 4.78 is 5.46. The molecule has 1 aliphatic heterocycles. The zero-order valence-corrected chi connectivity index (χ0v) is 18.2. The number of ether oxygens (including phenoxy) is 1. The van der Waals surface area contributed by atoms with Gasteiger partial charge in [-0.1, -0.05) is 30.3 Å². The fourth-order valence-corrected chi connectivity index (χ4v) is 4.58. The van der Waals surface area contributed by atoms with E-state index >= 15 is 0 Å². The Bertz CT molecular complexity index is 898. The summed E-state index contributed by atoms with van der Waals surface area (Å²) in [6.45, 7) is 2.68. The highest BCUT2D eigenvalue weighted by atomic mass is 16.6. The summed E-state index contributed by atoms with van der Waals surface area (Å²) in [6.07, 6.45) is 7.26. The van der Waals surface area contributed by atoms with Crippen LogP contribution in [0.5, 0.6) is 0 Å². The third-order valence-electron chi connectivity index (χ3n) is 6.44. The van der Waals surface area contributed by atoms with Gasteiger partial charge in [0.1, 0.15) is 6.61 Å². The number of anilines is 1. The summed E-state index contributed by atoms with van der Waals surface area (Å²) >= 11 is 0. The molecule has 1 aliphatic carbocycles. The van der Waals surface area contributed by atoms with Gasteiger partial charge < -0.3 is 20.1 Å². The second-order valence-corrected chi connectivity index (χ2v) is 8.73. The Morgan fingerprint density at radius 3 is 2.50 bits per heavy atom. The van der Waals surface area contributed by atoms with Crippen LogP contribution in [0, 0.1) is 17.8 Å². The molecule has 1 saturated heterocycles. The number of hydrogen-bond donors (Lipinski definition) is 2. The number of carbonyl (C=O) groups excluding carboxylic acids is 1. The van der Waals surface area contributed by atoms with E-state index in [0.29, 0.717) is 24.0 Å². The van der Waals surface area contributed by atoms with Gasteiger partial charge in [-0.25, -0.2) is 14.8 Å². The topological polar surface area (TPSA) is 105 Å². The zero-order valence-electron chi connectivity index (χ0n) is 18.2. The lowest BCUT2D eigenvalue weighted by Crippen LogP contribution is -2.39. The molecule has 32 heavy (non-hydrogen) atoms. The first-order valence-electron chi connectivity index (χ1n) is 11.3. The third kappa shape index (κ3) is 6.18. The van der Waals surface area contributed by atoms with Gasteiger partial charge >= 0.3 is 12.1 Å². The van der Waals surface area contributed by atoms with Crippen molar-refractivity contribution in [2.45, 2.75) is 38.7 Å². The van der Waals surface area contributed by atoms with E-state index in [0.717, 1.165) is 56.3 Å². The standard InChI is InChI=1S/C24H30N4O4/c29-22(30)12-18-14-26-23(27-15-18)25-9-6-20-13-21(20)19-7-10-28(11-8-19)24(31)32-16-17-4-2-1-3-5-17/h1-5,14-15,19-21H,6-13,16H2,(H,29,30)(H,25,26,27)/t20-,21-/m1/s1. The molecule has 8 nitrogen and oxygen atoms in total. The fraction of sp³-hybridized carbons (Fsp3) is 0.500. The maximum absolute atomic E-state index is 12.3. The van der Waals surface area contributed by atoms with Crippen LogP contribution in [0.1, 0.15) is 36.8 Å². The van der Waals surface area contributed by atoms with Crippen molar-refractivity contribution in [2.75, 3.05) is 25.0 Å².